The van der Waals surface area contributed by atoms with Gasteiger partial charge >= 0.3 is 0 Å². The number of hydrogen-bond donors (Lipinski definition) is 2. The summed E-state index contributed by atoms with van der Waals surface area (Å²) in [5.41, 5.74) is 7.24. The van der Waals surface area contributed by atoms with Gasteiger partial charge in [0, 0.05) is 27.3 Å². The van der Waals surface area contributed by atoms with Crippen LogP contribution in [0, 0.1) is 0 Å². The second-order valence-electron chi connectivity index (χ2n) is 4.64. The molecule has 0 fully saturated rings. The molecule has 0 bridgehead atoms. The van der Waals surface area contributed by atoms with Gasteiger partial charge in [0.25, 0.3) is 0 Å². The zero-order chi connectivity index (χ0) is 14.0. The Morgan fingerprint density at radius 3 is 2.79 bits per heavy atom. The van der Waals surface area contributed by atoms with Crippen LogP contribution in [0.2, 0.25) is 0 Å². The number of rotatable bonds is 4. The molecular formula is C13H14BrN3S2. The molecule has 2 rings (SSSR count). The molecular weight excluding hydrogens is 342 g/mol. The predicted octanol–water partition coefficient (Wildman–Crippen LogP) is 3.89. The molecule has 100 valence electrons. The maximum absolute atomic E-state index is 5.78. The van der Waals surface area contributed by atoms with Crippen LogP contribution in [0.15, 0.2) is 34.2 Å². The lowest BCUT2D eigenvalue weighted by molar-refractivity contribution is 0.604. The van der Waals surface area contributed by atoms with E-state index in [4.69, 9.17) is 18.0 Å². The first-order valence-corrected chi connectivity index (χ1v) is 7.76. The number of thiazole rings is 1. The Kier molecular flexibility index (Phi) is 4.23. The van der Waals surface area contributed by atoms with Crippen molar-refractivity contribution in [2.75, 3.05) is 5.32 Å². The van der Waals surface area contributed by atoms with Crippen molar-refractivity contribution < 1.29 is 0 Å². The summed E-state index contributed by atoms with van der Waals surface area (Å²) < 4.78 is 0.952. The van der Waals surface area contributed by atoms with Gasteiger partial charge in [0.15, 0.2) is 0 Å². The topological polar surface area (TPSA) is 50.9 Å². The SMILES string of the molecule is CC(C)(Nc1ccc(Br)cc1C(N)=S)c1nccs1. The third kappa shape index (κ3) is 3.32. The van der Waals surface area contributed by atoms with Gasteiger partial charge in [-0.05, 0) is 32.0 Å². The van der Waals surface area contributed by atoms with E-state index in [0.29, 0.717) is 4.99 Å². The van der Waals surface area contributed by atoms with Gasteiger partial charge in [-0.25, -0.2) is 4.98 Å². The number of hydrogen-bond acceptors (Lipinski definition) is 4. The molecule has 1 aromatic heterocycles. The highest BCUT2D eigenvalue weighted by atomic mass is 79.9. The first-order chi connectivity index (χ1) is 8.90. The number of aromatic nitrogens is 1. The molecule has 0 saturated carbocycles. The molecule has 1 aromatic carbocycles. The molecule has 0 unspecified atom stereocenters. The van der Waals surface area contributed by atoms with Crippen LogP contribution in [-0.4, -0.2) is 9.97 Å². The highest BCUT2D eigenvalue weighted by molar-refractivity contribution is 9.10. The molecule has 0 saturated heterocycles. The fourth-order valence-corrected chi connectivity index (χ4v) is 3.00. The summed E-state index contributed by atoms with van der Waals surface area (Å²) in [6.45, 7) is 4.16. The average molecular weight is 356 g/mol. The van der Waals surface area contributed by atoms with Crippen LogP contribution >= 0.6 is 39.5 Å². The number of nitrogens with one attached hydrogen (secondary N) is 1. The molecule has 19 heavy (non-hydrogen) atoms. The Labute approximate surface area is 130 Å². The molecule has 0 aliphatic heterocycles. The van der Waals surface area contributed by atoms with Crippen molar-refractivity contribution in [1.29, 1.82) is 0 Å². The molecule has 0 aliphatic rings. The third-order valence-electron chi connectivity index (χ3n) is 2.66. The Morgan fingerprint density at radius 1 is 1.47 bits per heavy atom. The Morgan fingerprint density at radius 2 is 2.21 bits per heavy atom. The molecule has 1 heterocycles. The lowest BCUT2D eigenvalue weighted by Gasteiger charge is -2.26. The van der Waals surface area contributed by atoms with Crippen molar-refractivity contribution in [2.45, 2.75) is 19.4 Å². The molecule has 0 amide bonds. The summed E-state index contributed by atoms with van der Waals surface area (Å²) in [6, 6.07) is 5.85. The van der Waals surface area contributed by atoms with Crippen molar-refractivity contribution in [3.05, 3.63) is 44.8 Å². The zero-order valence-corrected chi connectivity index (χ0v) is 13.8. The Balaban J connectivity index is 2.36. The van der Waals surface area contributed by atoms with Gasteiger partial charge in [0.2, 0.25) is 0 Å². The predicted molar refractivity (Wildman–Crippen MR) is 88.8 cm³/mol. The van der Waals surface area contributed by atoms with Gasteiger partial charge < -0.3 is 11.1 Å². The van der Waals surface area contributed by atoms with Crippen LogP contribution in [0.25, 0.3) is 0 Å². The summed E-state index contributed by atoms with van der Waals surface area (Å²) in [5.74, 6) is 0. The number of nitrogens with zero attached hydrogens (tertiary/aromatic N) is 1. The van der Waals surface area contributed by atoms with Gasteiger partial charge in [-0.1, -0.05) is 28.1 Å². The molecule has 0 spiro atoms. The van der Waals surface area contributed by atoms with Gasteiger partial charge in [0.05, 0.1) is 5.54 Å². The molecule has 0 aliphatic carbocycles. The van der Waals surface area contributed by atoms with Gasteiger partial charge in [-0.3, -0.25) is 0 Å². The van der Waals surface area contributed by atoms with Gasteiger partial charge in [0.1, 0.15) is 10.00 Å². The quantitative estimate of drug-likeness (QED) is 0.816. The minimum absolute atomic E-state index is 0.276. The third-order valence-corrected chi connectivity index (χ3v) is 4.47. The normalized spacial score (nSPS) is 11.3. The largest absolute Gasteiger partial charge is 0.389 e. The molecule has 6 heteroatoms. The summed E-state index contributed by atoms with van der Waals surface area (Å²) in [6.07, 6.45) is 1.81. The van der Waals surface area contributed by atoms with E-state index >= 15 is 0 Å². The van der Waals surface area contributed by atoms with Crippen molar-refractivity contribution in [2.24, 2.45) is 5.73 Å². The number of thiocarbonyl (C=S) groups is 1. The molecule has 0 radical (unpaired) electrons. The summed E-state index contributed by atoms with van der Waals surface area (Å²) in [4.78, 5) is 4.73. The van der Waals surface area contributed by atoms with Crippen molar-refractivity contribution >= 4 is 50.2 Å². The highest BCUT2D eigenvalue weighted by Crippen LogP contribution is 2.30. The van der Waals surface area contributed by atoms with Gasteiger partial charge in [-0.15, -0.1) is 11.3 Å². The minimum atomic E-state index is -0.276. The summed E-state index contributed by atoms with van der Waals surface area (Å²) >= 11 is 10.2. The molecule has 2 aromatic rings. The van der Waals surface area contributed by atoms with E-state index < -0.39 is 0 Å². The monoisotopic (exact) mass is 355 g/mol. The van der Waals surface area contributed by atoms with Crippen molar-refractivity contribution in [3.8, 4) is 0 Å². The Bertz CT molecular complexity index is 594. The second-order valence-corrected chi connectivity index (χ2v) is 6.89. The highest BCUT2D eigenvalue weighted by Gasteiger charge is 2.24. The van der Waals surface area contributed by atoms with E-state index in [1.807, 2.05) is 23.6 Å². The maximum atomic E-state index is 5.78. The second kappa shape index (κ2) is 5.56. The van der Waals surface area contributed by atoms with Gasteiger partial charge in [-0.2, -0.15) is 0 Å². The molecule has 3 nitrogen and oxygen atoms in total. The van der Waals surface area contributed by atoms with Crippen molar-refractivity contribution in [1.82, 2.24) is 4.98 Å². The first kappa shape index (κ1) is 14.4. The van der Waals surface area contributed by atoms with Crippen molar-refractivity contribution in [3.63, 3.8) is 0 Å². The Hall–Kier alpha value is -0.980. The number of nitrogens with two attached hydrogens (primary N) is 1. The maximum Gasteiger partial charge on any atom is 0.117 e. The van der Waals surface area contributed by atoms with E-state index in [0.717, 1.165) is 20.7 Å². The summed E-state index contributed by atoms with van der Waals surface area (Å²) in [7, 11) is 0. The van der Waals surface area contributed by atoms with E-state index in [2.05, 4.69) is 40.1 Å². The summed E-state index contributed by atoms with van der Waals surface area (Å²) in [5, 5.41) is 6.44. The fraction of sp³-hybridized carbons (Fsp3) is 0.231. The van der Waals surface area contributed by atoms with E-state index in [1.165, 1.54) is 0 Å². The lowest BCUT2D eigenvalue weighted by Crippen LogP contribution is -2.29. The fourth-order valence-electron chi connectivity index (χ4n) is 1.75. The number of halogens is 1. The lowest BCUT2D eigenvalue weighted by atomic mass is 10.0. The minimum Gasteiger partial charge on any atom is -0.389 e. The van der Waals surface area contributed by atoms with Crippen LogP contribution in [-0.2, 0) is 5.54 Å². The van der Waals surface area contributed by atoms with E-state index in [1.54, 1.807) is 17.5 Å². The zero-order valence-electron chi connectivity index (χ0n) is 10.6. The first-order valence-electron chi connectivity index (χ1n) is 5.67. The number of anilines is 1. The van der Waals surface area contributed by atoms with Crippen LogP contribution in [0.1, 0.15) is 24.4 Å². The molecule has 0 atom stereocenters. The molecule has 3 N–H and O–H groups in total. The van der Waals surface area contributed by atoms with E-state index in [9.17, 15) is 0 Å². The smallest absolute Gasteiger partial charge is 0.117 e. The average Bonchev–Trinajstić information content (AvgIpc) is 2.85. The van der Waals surface area contributed by atoms with Crippen LogP contribution in [0.5, 0.6) is 0 Å². The van der Waals surface area contributed by atoms with Crippen LogP contribution in [0.3, 0.4) is 0 Å². The van der Waals surface area contributed by atoms with Crippen LogP contribution in [0.4, 0.5) is 5.69 Å². The van der Waals surface area contributed by atoms with Crippen LogP contribution < -0.4 is 11.1 Å². The standard InChI is InChI=1S/C13H14BrN3S2/c1-13(2,12-16-5-6-19-12)17-10-4-3-8(14)7-9(10)11(15)18/h3-7,17H,1-2H3,(H2,15,18). The van der Waals surface area contributed by atoms with E-state index in [-0.39, 0.29) is 5.54 Å². The number of benzene rings is 1.